The Morgan fingerprint density at radius 2 is 1.83 bits per heavy atom. The first-order valence-electron chi connectivity index (χ1n) is 6.73. The Kier molecular flexibility index (Phi) is 4.85. The zero-order chi connectivity index (χ0) is 17.0. The van der Waals surface area contributed by atoms with Crippen LogP contribution in [0.25, 0.3) is 0 Å². The fraction of sp³-hybridized carbons (Fsp3) is 0.200. The van der Waals surface area contributed by atoms with E-state index in [2.05, 4.69) is 9.71 Å². The van der Waals surface area contributed by atoms with Gasteiger partial charge in [-0.2, -0.15) is 0 Å². The molecule has 2 aromatic rings. The van der Waals surface area contributed by atoms with Gasteiger partial charge < -0.3 is 9.72 Å². The predicted octanol–water partition coefficient (Wildman–Crippen LogP) is 1.81. The highest BCUT2D eigenvalue weighted by atomic mass is 32.2. The third-order valence-corrected chi connectivity index (χ3v) is 3.55. The second-order valence-corrected chi connectivity index (χ2v) is 6.70. The molecule has 122 valence electrons. The van der Waals surface area contributed by atoms with E-state index in [9.17, 15) is 18.0 Å². The van der Waals surface area contributed by atoms with Crippen LogP contribution in [0.15, 0.2) is 42.6 Å². The molecule has 0 aliphatic carbocycles. The molecule has 0 radical (unpaired) electrons. The number of hydrogen-bond donors (Lipinski definition) is 2. The van der Waals surface area contributed by atoms with Gasteiger partial charge in [-0.1, -0.05) is 0 Å². The fourth-order valence-electron chi connectivity index (χ4n) is 1.89. The van der Waals surface area contributed by atoms with Gasteiger partial charge in [0.25, 0.3) is 0 Å². The number of sulfonamides is 1. The van der Waals surface area contributed by atoms with Gasteiger partial charge in [0.2, 0.25) is 15.8 Å². The number of rotatable bonds is 6. The van der Waals surface area contributed by atoms with Crippen LogP contribution in [0.4, 0.5) is 5.69 Å². The van der Waals surface area contributed by atoms with Crippen molar-refractivity contribution in [3.05, 3.63) is 53.9 Å². The highest BCUT2D eigenvalue weighted by Gasteiger charge is 2.20. The van der Waals surface area contributed by atoms with Gasteiger partial charge in [0.15, 0.2) is 6.10 Å². The maximum Gasteiger partial charge on any atom is 0.355 e. The molecule has 0 saturated carbocycles. The van der Waals surface area contributed by atoms with E-state index >= 15 is 0 Å². The number of benzene rings is 1. The van der Waals surface area contributed by atoms with Crippen molar-refractivity contribution >= 4 is 27.5 Å². The van der Waals surface area contributed by atoms with Crippen molar-refractivity contribution in [3.63, 3.8) is 0 Å². The number of ether oxygens (including phenoxy) is 1. The Hall–Kier alpha value is -2.61. The topological polar surface area (TPSA) is 105 Å². The molecule has 2 N–H and O–H groups in total. The number of Topliss-reactive ketones (excluding diaryl/α,β-unsaturated/α-hetero) is 1. The number of aromatic amines is 1. The van der Waals surface area contributed by atoms with Crippen molar-refractivity contribution in [1.29, 1.82) is 0 Å². The summed E-state index contributed by atoms with van der Waals surface area (Å²) in [7, 11) is -3.38. The third kappa shape index (κ3) is 4.68. The molecule has 1 aromatic carbocycles. The number of hydrogen-bond acceptors (Lipinski definition) is 5. The first-order valence-corrected chi connectivity index (χ1v) is 8.62. The lowest BCUT2D eigenvalue weighted by Crippen LogP contribution is -2.24. The number of esters is 1. The summed E-state index contributed by atoms with van der Waals surface area (Å²) in [6.07, 6.45) is 1.66. The maximum atomic E-state index is 12.2. The Labute approximate surface area is 133 Å². The zero-order valence-electron chi connectivity index (χ0n) is 12.6. The van der Waals surface area contributed by atoms with Crippen LogP contribution in [0, 0.1) is 0 Å². The summed E-state index contributed by atoms with van der Waals surface area (Å²) in [4.78, 5) is 26.7. The van der Waals surface area contributed by atoms with Gasteiger partial charge >= 0.3 is 5.97 Å². The number of aromatic nitrogens is 1. The van der Waals surface area contributed by atoms with Crippen molar-refractivity contribution in [3.8, 4) is 0 Å². The summed E-state index contributed by atoms with van der Waals surface area (Å²) < 4.78 is 29.6. The van der Waals surface area contributed by atoms with Crippen LogP contribution in [-0.4, -0.2) is 37.5 Å². The lowest BCUT2D eigenvalue weighted by Gasteiger charge is -2.12. The van der Waals surface area contributed by atoms with Crippen LogP contribution in [0.2, 0.25) is 0 Å². The summed E-state index contributed by atoms with van der Waals surface area (Å²) >= 11 is 0. The molecule has 2 rings (SSSR count). The average molecular weight is 336 g/mol. The largest absolute Gasteiger partial charge is 0.450 e. The third-order valence-electron chi connectivity index (χ3n) is 2.94. The lowest BCUT2D eigenvalue weighted by molar-refractivity contribution is 0.0314. The zero-order valence-corrected chi connectivity index (χ0v) is 13.4. The van der Waals surface area contributed by atoms with Gasteiger partial charge in [-0.15, -0.1) is 0 Å². The van der Waals surface area contributed by atoms with Crippen LogP contribution >= 0.6 is 0 Å². The number of carbonyl (C=O) groups is 2. The number of anilines is 1. The minimum Gasteiger partial charge on any atom is -0.450 e. The molecule has 1 heterocycles. The first-order chi connectivity index (χ1) is 10.8. The Bertz CT molecular complexity index is 795. The number of ketones is 1. The quantitative estimate of drug-likeness (QED) is 0.618. The number of carbonyl (C=O) groups excluding carboxylic acids is 2. The smallest absolute Gasteiger partial charge is 0.355 e. The molecule has 7 nitrogen and oxygen atoms in total. The van der Waals surface area contributed by atoms with E-state index in [4.69, 9.17) is 4.74 Å². The molecule has 0 unspecified atom stereocenters. The molecule has 0 fully saturated rings. The molecule has 0 saturated heterocycles. The molecule has 0 bridgehead atoms. The van der Waals surface area contributed by atoms with Crippen LogP contribution < -0.4 is 4.72 Å². The SMILES string of the molecule is C[C@H](OC(=O)c1ccc[nH]1)C(=O)c1ccc(NS(C)(=O)=O)cc1. The maximum absolute atomic E-state index is 12.2. The molecule has 0 spiro atoms. The summed E-state index contributed by atoms with van der Waals surface area (Å²) in [5.74, 6) is -0.998. The highest BCUT2D eigenvalue weighted by Crippen LogP contribution is 2.14. The van der Waals surface area contributed by atoms with E-state index in [-0.39, 0.29) is 11.5 Å². The van der Waals surface area contributed by atoms with E-state index < -0.39 is 22.1 Å². The molecule has 1 atom stereocenters. The van der Waals surface area contributed by atoms with Crippen LogP contribution in [-0.2, 0) is 14.8 Å². The number of H-pyrrole nitrogens is 1. The summed E-state index contributed by atoms with van der Waals surface area (Å²) in [6, 6.07) is 9.06. The fourth-order valence-corrected chi connectivity index (χ4v) is 2.45. The van der Waals surface area contributed by atoms with Crippen molar-refractivity contribution in [2.45, 2.75) is 13.0 Å². The van der Waals surface area contributed by atoms with Gasteiger partial charge in [0.05, 0.1) is 6.26 Å². The Morgan fingerprint density at radius 1 is 1.17 bits per heavy atom. The van der Waals surface area contributed by atoms with Gasteiger partial charge in [0, 0.05) is 17.4 Å². The van der Waals surface area contributed by atoms with Crippen molar-refractivity contribution < 1.29 is 22.7 Å². The Morgan fingerprint density at radius 3 is 2.35 bits per heavy atom. The molecular formula is C15H16N2O5S. The predicted molar refractivity (Wildman–Crippen MR) is 84.9 cm³/mol. The first kappa shape index (κ1) is 16.8. The lowest BCUT2D eigenvalue weighted by atomic mass is 10.1. The minimum atomic E-state index is -3.38. The second kappa shape index (κ2) is 6.66. The van der Waals surface area contributed by atoms with Crippen LogP contribution in [0.3, 0.4) is 0 Å². The van der Waals surface area contributed by atoms with Crippen LogP contribution in [0.5, 0.6) is 0 Å². The van der Waals surface area contributed by atoms with E-state index in [0.29, 0.717) is 11.3 Å². The summed E-state index contributed by atoms with van der Waals surface area (Å²) in [5, 5.41) is 0. The highest BCUT2D eigenvalue weighted by molar-refractivity contribution is 7.92. The summed E-state index contributed by atoms with van der Waals surface area (Å²) in [6.45, 7) is 1.48. The van der Waals surface area contributed by atoms with Crippen molar-refractivity contribution in [2.75, 3.05) is 11.0 Å². The van der Waals surface area contributed by atoms with Gasteiger partial charge in [-0.05, 0) is 43.3 Å². The molecule has 0 amide bonds. The summed E-state index contributed by atoms with van der Waals surface area (Å²) in [5.41, 5.74) is 0.924. The van der Waals surface area contributed by atoms with E-state index in [1.54, 1.807) is 18.3 Å². The van der Waals surface area contributed by atoms with Gasteiger partial charge in [-0.3, -0.25) is 9.52 Å². The van der Waals surface area contributed by atoms with E-state index in [1.165, 1.54) is 31.2 Å². The van der Waals surface area contributed by atoms with Crippen LogP contribution in [0.1, 0.15) is 27.8 Å². The normalized spacial score (nSPS) is 12.4. The minimum absolute atomic E-state index is 0.261. The van der Waals surface area contributed by atoms with E-state index in [0.717, 1.165) is 6.26 Å². The van der Waals surface area contributed by atoms with Gasteiger partial charge in [0.1, 0.15) is 5.69 Å². The molecule has 23 heavy (non-hydrogen) atoms. The molecule has 1 aromatic heterocycles. The molecule has 0 aliphatic heterocycles. The number of nitrogens with one attached hydrogen (secondary N) is 2. The van der Waals surface area contributed by atoms with E-state index in [1.807, 2.05) is 0 Å². The van der Waals surface area contributed by atoms with Crippen molar-refractivity contribution in [1.82, 2.24) is 4.98 Å². The average Bonchev–Trinajstić information content (AvgIpc) is 3.00. The monoisotopic (exact) mass is 336 g/mol. The second-order valence-electron chi connectivity index (χ2n) is 4.95. The standard InChI is InChI=1S/C15H16N2O5S/c1-10(22-15(19)13-4-3-9-16-13)14(18)11-5-7-12(8-6-11)17-23(2,20)21/h3-10,16-17H,1-2H3/t10-/m0/s1. The Balaban J connectivity index is 2.03. The molecular weight excluding hydrogens is 320 g/mol. The van der Waals surface area contributed by atoms with Crippen molar-refractivity contribution in [2.24, 2.45) is 0 Å². The van der Waals surface area contributed by atoms with Gasteiger partial charge in [-0.25, -0.2) is 13.2 Å². The molecule has 0 aliphatic rings. The molecule has 8 heteroatoms.